The van der Waals surface area contributed by atoms with Crippen LogP contribution in [0.1, 0.15) is 51.9 Å². The topological polar surface area (TPSA) is 33.7 Å². The molecule has 4 nitrogen and oxygen atoms in total. The van der Waals surface area contributed by atoms with Gasteiger partial charge >= 0.3 is 0 Å². The van der Waals surface area contributed by atoms with Crippen LogP contribution in [0, 0.1) is 0 Å². The average molecular weight is 298 g/mol. The molecule has 0 bridgehead atoms. The standard InChI is InChI=1S/C17H34N2O2/c1-3-16-14-19(10-13-21-12-7-11-20-2)17(15-18-16)8-5-4-6-9-17/h16,18H,3-15H2,1-2H3. The minimum atomic E-state index is 0.416. The highest BCUT2D eigenvalue weighted by molar-refractivity contribution is 5.00. The summed E-state index contributed by atoms with van der Waals surface area (Å²) in [6, 6.07) is 0.658. The van der Waals surface area contributed by atoms with Crippen LogP contribution in [0.15, 0.2) is 0 Å². The molecule has 21 heavy (non-hydrogen) atoms. The van der Waals surface area contributed by atoms with Crippen LogP contribution in [0.2, 0.25) is 0 Å². The summed E-state index contributed by atoms with van der Waals surface area (Å²) in [7, 11) is 1.75. The van der Waals surface area contributed by atoms with Crippen LogP contribution in [0.4, 0.5) is 0 Å². The summed E-state index contributed by atoms with van der Waals surface area (Å²) < 4.78 is 10.9. The first-order valence-electron chi connectivity index (χ1n) is 8.86. The number of piperazine rings is 1. The lowest BCUT2D eigenvalue weighted by Crippen LogP contribution is -2.65. The summed E-state index contributed by atoms with van der Waals surface area (Å²) in [6.07, 6.45) is 9.15. The molecule has 2 aliphatic rings. The zero-order valence-corrected chi connectivity index (χ0v) is 14.0. The minimum absolute atomic E-state index is 0.416. The van der Waals surface area contributed by atoms with Crippen LogP contribution >= 0.6 is 0 Å². The van der Waals surface area contributed by atoms with Crippen molar-refractivity contribution in [3.8, 4) is 0 Å². The summed E-state index contributed by atoms with van der Waals surface area (Å²) in [6.45, 7) is 8.23. The van der Waals surface area contributed by atoms with Crippen molar-refractivity contribution in [3.63, 3.8) is 0 Å². The summed E-state index contributed by atoms with van der Waals surface area (Å²) in [5.74, 6) is 0. The highest BCUT2D eigenvalue weighted by atomic mass is 16.5. The van der Waals surface area contributed by atoms with E-state index in [4.69, 9.17) is 9.47 Å². The fraction of sp³-hybridized carbons (Fsp3) is 1.00. The maximum Gasteiger partial charge on any atom is 0.0593 e. The molecule has 2 rings (SSSR count). The van der Waals surface area contributed by atoms with Crippen molar-refractivity contribution in [1.29, 1.82) is 0 Å². The number of nitrogens with one attached hydrogen (secondary N) is 1. The lowest BCUT2D eigenvalue weighted by atomic mass is 9.78. The predicted octanol–water partition coefficient (Wildman–Crippen LogP) is 2.43. The van der Waals surface area contributed by atoms with E-state index in [0.29, 0.717) is 11.6 Å². The third-order valence-electron chi connectivity index (χ3n) is 5.25. The van der Waals surface area contributed by atoms with Gasteiger partial charge in [-0.05, 0) is 25.7 Å². The van der Waals surface area contributed by atoms with Gasteiger partial charge in [0.15, 0.2) is 0 Å². The predicted molar refractivity (Wildman–Crippen MR) is 86.8 cm³/mol. The second kappa shape index (κ2) is 9.09. The van der Waals surface area contributed by atoms with Crippen LogP contribution in [0.3, 0.4) is 0 Å². The Morgan fingerprint density at radius 1 is 1.14 bits per heavy atom. The van der Waals surface area contributed by atoms with Crippen LogP contribution in [-0.4, -0.2) is 63.0 Å². The molecule has 0 aromatic rings. The Hall–Kier alpha value is -0.160. The summed E-state index contributed by atoms with van der Waals surface area (Å²) in [5.41, 5.74) is 0.416. The van der Waals surface area contributed by atoms with Crippen molar-refractivity contribution in [1.82, 2.24) is 10.2 Å². The number of hydrogen-bond donors (Lipinski definition) is 1. The van der Waals surface area contributed by atoms with Gasteiger partial charge in [0.2, 0.25) is 0 Å². The molecule has 0 aromatic heterocycles. The van der Waals surface area contributed by atoms with Gasteiger partial charge in [0.1, 0.15) is 0 Å². The van der Waals surface area contributed by atoms with Crippen LogP contribution < -0.4 is 5.32 Å². The Bertz CT molecular complexity index is 280. The zero-order chi connectivity index (χ0) is 15.0. The lowest BCUT2D eigenvalue weighted by Gasteiger charge is -2.52. The number of nitrogens with zero attached hydrogens (tertiary/aromatic N) is 1. The van der Waals surface area contributed by atoms with E-state index in [1.54, 1.807) is 7.11 Å². The van der Waals surface area contributed by atoms with Gasteiger partial charge in [-0.25, -0.2) is 0 Å². The monoisotopic (exact) mass is 298 g/mol. The molecule has 1 spiro atoms. The van der Waals surface area contributed by atoms with Gasteiger partial charge in [0.05, 0.1) is 6.61 Å². The molecular formula is C17H34N2O2. The molecule has 1 N–H and O–H groups in total. The fourth-order valence-electron chi connectivity index (χ4n) is 3.86. The minimum Gasteiger partial charge on any atom is -0.385 e. The smallest absolute Gasteiger partial charge is 0.0593 e. The first-order valence-corrected chi connectivity index (χ1v) is 8.86. The normalized spacial score (nSPS) is 26.3. The van der Waals surface area contributed by atoms with E-state index in [9.17, 15) is 0 Å². The van der Waals surface area contributed by atoms with E-state index in [0.717, 1.165) is 32.8 Å². The van der Waals surface area contributed by atoms with E-state index in [-0.39, 0.29) is 0 Å². The van der Waals surface area contributed by atoms with Crippen molar-refractivity contribution in [3.05, 3.63) is 0 Å². The van der Waals surface area contributed by atoms with E-state index < -0.39 is 0 Å². The largest absolute Gasteiger partial charge is 0.385 e. The Morgan fingerprint density at radius 2 is 1.95 bits per heavy atom. The summed E-state index contributed by atoms with van der Waals surface area (Å²) in [5, 5.41) is 3.78. The molecule has 1 saturated heterocycles. The van der Waals surface area contributed by atoms with Crippen molar-refractivity contribution < 1.29 is 9.47 Å². The number of hydrogen-bond acceptors (Lipinski definition) is 4. The van der Waals surface area contributed by atoms with Crippen molar-refractivity contribution >= 4 is 0 Å². The number of rotatable bonds is 8. The van der Waals surface area contributed by atoms with E-state index >= 15 is 0 Å². The molecular weight excluding hydrogens is 264 g/mol. The number of methoxy groups -OCH3 is 1. The van der Waals surface area contributed by atoms with Crippen LogP contribution in [0.5, 0.6) is 0 Å². The Morgan fingerprint density at radius 3 is 2.67 bits per heavy atom. The summed E-state index contributed by atoms with van der Waals surface area (Å²) >= 11 is 0. The highest BCUT2D eigenvalue weighted by Gasteiger charge is 2.41. The maximum atomic E-state index is 5.80. The number of ether oxygens (including phenoxy) is 2. The summed E-state index contributed by atoms with van der Waals surface area (Å²) in [4.78, 5) is 2.74. The Kier molecular flexibility index (Phi) is 7.44. The highest BCUT2D eigenvalue weighted by Crippen LogP contribution is 2.35. The quantitative estimate of drug-likeness (QED) is 0.698. The maximum absolute atomic E-state index is 5.80. The first-order chi connectivity index (χ1) is 10.3. The van der Waals surface area contributed by atoms with Gasteiger partial charge in [-0.2, -0.15) is 0 Å². The van der Waals surface area contributed by atoms with E-state index in [1.807, 2.05) is 0 Å². The Balaban J connectivity index is 1.79. The van der Waals surface area contributed by atoms with Crippen molar-refractivity contribution in [2.24, 2.45) is 0 Å². The van der Waals surface area contributed by atoms with Gasteiger partial charge in [0, 0.05) is 51.5 Å². The van der Waals surface area contributed by atoms with Crippen LogP contribution in [0.25, 0.3) is 0 Å². The van der Waals surface area contributed by atoms with Gasteiger partial charge in [-0.1, -0.05) is 26.2 Å². The van der Waals surface area contributed by atoms with Gasteiger partial charge < -0.3 is 14.8 Å². The molecule has 0 radical (unpaired) electrons. The molecule has 1 aliphatic heterocycles. The first kappa shape index (κ1) is 17.2. The van der Waals surface area contributed by atoms with Crippen LogP contribution in [-0.2, 0) is 9.47 Å². The van der Waals surface area contributed by atoms with Gasteiger partial charge in [0.25, 0.3) is 0 Å². The van der Waals surface area contributed by atoms with E-state index in [2.05, 4.69) is 17.1 Å². The molecule has 1 saturated carbocycles. The molecule has 1 unspecified atom stereocenters. The van der Waals surface area contributed by atoms with Crippen molar-refractivity contribution in [2.45, 2.75) is 63.5 Å². The zero-order valence-electron chi connectivity index (χ0n) is 14.0. The Labute approximate surface area is 130 Å². The van der Waals surface area contributed by atoms with Crippen molar-refractivity contribution in [2.75, 3.05) is 46.6 Å². The molecule has 0 aromatic carbocycles. The van der Waals surface area contributed by atoms with Gasteiger partial charge in [-0.15, -0.1) is 0 Å². The fourth-order valence-corrected chi connectivity index (χ4v) is 3.86. The molecule has 1 atom stereocenters. The molecule has 124 valence electrons. The molecule has 0 amide bonds. The lowest BCUT2D eigenvalue weighted by molar-refractivity contribution is -0.0135. The van der Waals surface area contributed by atoms with Gasteiger partial charge in [-0.3, -0.25) is 4.90 Å². The molecule has 2 fully saturated rings. The molecule has 1 heterocycles. The molecule has 1 aliphatic carbocycles. The second-order valence-electron chi connectivity index (χ2n) is 6.68. The third-order valence-corrected chi connectivity index (χ3v) is 5.25. The average Bonchev–Trinajstić information content (AvgIpc) is 2.53. The van der Waals surface area contributed by atoms with E-state index in [1.165, 1.54) is 51.6 Å². The third kappa shape index (κ3) is 4.92. The SMILES string of the molecule is CCC1CN(CCOCCCOC)C2(CCCCC2)CN1. The second-order valence-corrected chi connectivity index (χ2v) is 6.68. The molecule has 4 heteroatoms.